The largest absolute Gasteiger partial charge is 0.397 e. The molecule has 0 aliphatic heterocycles. The number of carbonyl (C=O) groups excluding carboxylic acids is 1. The van der Waals surface area contributed by atoms with E-state index in [0.29, 0.717) is 16.4 Å². The van der Waals surface area contributed by atoms with E-state index in [-0.39, 0.29) is 24.4 Å². The van der Waals surface area contributed by atoms with Gasteiger partial charge < -0.3 is 11.1 Å². The summed E-state index contributed by atoms with van der Waals surface area (Å²) in [6, 6.07) is 7.00. The fraction of sp³-hybridized carbons (Fsp3) is 0.154. The molecule has 0 saturated heterocycles. The monoisotopic (exact) mass is 308 g/mol. The molecule has 0 saturated carbocycles. The first-order valence-corrected chi connectivity index (χ1v) is 6.48. The second kappa shape index (κ2) is 6.27. The summed E-state index contributed by atoms with van der Waals surface area (Å²) in [5.41, 5.74) is 5.72. The van der Waals surface area contributed by atoms with E-state index in [2.05, 4.69) is 10.4 Å². The predicted molar refractivity (Wildman–Crippen MR) is 80.4 cm³/mol. The van der Waals surface area contributed by atoms with Crippen LogP contribution >= 0.6 is 11.6 Å². The maximum absolute atomic E-state index is 11.8. The lowest BCUT2D eigenvalue weighted by Crippen LogP contribution is -2.29. The van der Waals surface area contributed by atoms with Gasteiger partial charge in [-0.15, -0.1) is 0 Å². The number of anilines is 2. The number of aromatic amines is 1. The first-order valence-electron chi connectivity index (χ1n) is 6.11. The van der Waals surface area contributed by atoms with Crippen molar-refractivity contribution >= 4 is 28.9 Å². The molecule has 0 fully saturated rings. The number of nitrogen functional groups attached to an aromatic ring is 1. The Morgan fingerprint density at radius 2 is 2.05 bits per heavy atom. The molecule has 0 aliphatic rings. The second-order valence-electron chi connectivity index (χ2n) is 4.33. The van der Waals surface area contributed by atoms with Gasteiger partial charge in [-0.3, -0.25) is 19.5 Å². The lowest BCUT2D eigenvalue weighted by atomic mass is 10.2. The van der Waals surface area contributed by atoms with Crippen molar-refractivity contribution in [2.75, 3.05) is 11.1 Å². The fourth-order valence-electron chi connectivity index (χ4n) is 1.70. The molecule has 0 radical (unpaired) electrons. The topological polar surface area (TPSA) is 110 Å². The number of rotatable bonds is 4. The van der Waals surface area contributed by atoms with Gasteiger partial charge in [0, 0.05) is 23.6 Å². The molecule has 1 aromatic carbocycles. The number of carbonyl (C=O) groups is 1. The molecule has 21 heavy (non-hydrogen) atoms. The van der Waals surface area contributed by atoms with Crippen LogP contribution in [0.5, 0.6) is 0 Å². The van der Waals surface area contributed by atoms with Crippen molar-refractivity contribution in [2.45, 2.75) is 13.0 Å². The van der Waals surface area contributed by atoms with Crippen molar-refractivity contribution < 1.29 is 4.79 Å². The van der Waals surface area contributed by atoms with Gasteiger partial charge >= 0.3 is 0 Å². The van der Waals surface area contributed by atoms with E-state index in [1.165, 1.54) is 6.07 Å². The van der Waals surface area contributed by atoms with Crippen molar-refractivity contribution in [1.29, 1.82) is 0 Å². The van der Waals surface area contributed by atoms with Crippen LogP contribution in [0.25, 0.3) is 0 Å². The Hall–Kier alpha value is -2.54. The molecular formula is C13H13ClN4O3. The number of benzene rings is 1. The van der Waals surface area contributed by atoms with E-state index in [9.17, 15) is 14.4 Å². The Labute approximate surface area is 124 Å². The molecule has 110 valence electrons. The van der Waals surface area contributed by atoms with Gasteiger partial charge in [0.15, 0.2) is 0 Å². The summed E-state index contributed by atoms with van der Waals surface area (Å²) in [6.45, 7) is 0.0637. The van der Waals surface area contributed by atoms with Crippen molar-refractivity contribution in [3.05, 3.63) is 56.1 Å². The van der Waals surface area contributed by atoms with Crippen LogP contribution in [-0.4, -0.2) is 15.7 Å². The average molecular weight is 309 g/mol. The minimum Gasteiger partial charge on any atom is -0.397 e. The Kier molecular flexibility index (Phi) is 4.44. The molecule has 4 N–H and O–H groups in total. The molecule has 1 heterocycles. The second-order valence-corrected chi connectivity index (χ2v) is 4.77. The third-order valence-corrected chi connectivity index (χ3v) is 2.97. The minimum atomic E-state index is -0.406. The third-order valence-electron chi connectivity index (χ3n) is 2.74. The number of nitrogens with two attached hydrogens (primary N) is 1. The van der Waals surface area contributed by atoms with Crippen molar-refractivity contribution in [2.24, 2.45) is 0 Å². The zero-order valence-electron chi connectivity index (χ0n) is 10.9. The lowest BCUT2D eigenvalue weighted by molar-refractivity contribution is -0.116. The number of hydrogen-bond donors (Lipinski definition) is 3. The van der Waals surface area contributed by atoms with Crippen LogP contribution in [0, 0.1) is 0 Å². The van der Waals surface area contributed by atoms with E-state index < -0.39 is 5.56 Å². The number of hydrogen-bond acceptors (Lipinski definition) is 4. The standard InChI is InChI=1S/C13H13ClN4O3/c14-8-1-2-10(9(15)7-8)16-11(19)5-6-18-13(21)4-3-12(20)17-18/h1-4,7H,5-6,15H2,(H,16,19)(H,17,20). The molecule has 0 bridgehead atoms. The molecule has 1 aromatic heterocycles. The van der Waals surface area contributed by atoms with Crippen LogP contribution in [0.3, 0.4) is 0 Å². The van der Waals surface area contributed by atoms with Crippen LogP contribution in [0.1, 0.15) is 6.42 Å². The number of halogens is 1. The van der Waals surface area contributed by atoms with Gasteiger partial charge in [0.2, 0.25) is 5.91 Å². The van der Waals surface area contributed by atoms with Crippen LogP contribution in [0.4, 0.5) is 11.4 Å². The number of nitrogens with zero attached hydrogens (tertiary/aromatic N) is 1. The first kappa shape index (κ1) is 14.9. The van der Waals surface area contributed by atoms with Gasteiger partial charge in [0.05, 0.1) is 17.9 Å². The summed E-state index contributed by atoms with van der Waals surface area (Å²) in [6.07, 6.45) is 0.0158. The maximum atomic E-state index is 11.8. The van der Waals surface area contributed by atoms with Crippen LogP contribution in [0.15, 0.2) is 39.9 Å². The minimum absolute atomic E-state index is 0.0158. The summed E-state index contributed by atoms with van der Waals surface area (Å²) >= 11 is 5.76. The summed E-state index contributed by atoms with van der Waals surface area (Å²) < 4.78 is 1.08. The smallest absolute Gasteiger partial charge is 0.265 e. The van der Waals surface area contributed by atoms with Crippen molar-refractivity contribution in [3.63, 3.8) is 0 Å². The summed E-state index contributed by atoms with van der Waals surface area (Å²) in [5, 5.41) is 5.42. The van der Waals surface area contributed by atoms with Crippen LogP contribution < -0.4 is 22.2 Å². The molecule has 0 atom stereocenters. The summed E-state index contributed by atoms with van der Waals surface area (Å²) in [5.74, 6) is -0.333. The van der Waals surface area contributed by atoms with Gasteiger partial charge in [-0.1, -0.05) is 11.6 Å². The Bertz CT molecular complexity index is 781. The van der Waals surface area contributed by atoms with Gasteiger partial charge in [0.25, 0.3) is 11.1 Å². The van der Waals surface area contributed by atoms with Crippen molar-refractivity contribution in [3.8, 4) is 0 Å². The molecule has 0 aliphatic carbocycles. The molecule has 2 rings (SSSR count). The lowest BCUT2D eigenvalue weighted by Gasteiger charge is -2.09. The Morgan fingerprint density at radius 1 is 1.29 bits per heavy atom. The molecule has 0 unspecified atom stereocenters. The number of aryl methyl sites for hydroxylation is 1. The van der Waals surface area contributed by atoms with Gasteiger partial charge in [-0.25, -0.2) is 4.68 Å². The highest BCUT2D eigenvalue weighted by atomic mass is 35.5. The quantitative estimate of drug-likeness (QED) is 0.726. The van der Waals surface area contributed by atoms with E-state index in [1.807, 2.05) is 0 Å². The van der Waals surface area contributed by atoms with Gasteiger partial charge in [-0.2, -0.15) is 0 Å². The molecule has 1 amide bonds. The fourth-order valence-corrected chi connectivity index (χ4v) is 1.88. The summed E-state index contributed by atoms with van der Waals surface area (Å²) in [4.78, 5) is 34.4. The summed E-state index contributed by atoms with van der Waals surface area (Å²) in [7, 11) is 0. The van der Waals surface area contributed by atoms with E-state index in [4.69, 9.17) is 17.3 Å². The Balaban J connectivity index is 2.00. The predicted octanol–water partition coefficient (Wildman–Crippen LogP) is 0.801. The molecular weight excluding hydrogens is 296 g/mol. The number of nitrogens with one attached hydrogen (secondary N) is 2. The highest BCUT2D eigenvalue weighted by Crippen LogP contribution is 2.22. The van der Waals surface area contributed by atoms with Crippen LogP contribution in [-0.2, 0) is 11.3 Å². The molecule has 7 nitrogen and oxygen atoms in total. The SMILES string of the molecule is Nc1cc(Cl)ccc1NC(=O)CCn1[nH]c(=O)ccc1=O. The van der Waals surface area contributed by atoms with Gasteiger partial charge in [0.1, 0.15) is 0 Å². The zero-order valence-corrected chi connectivity index (χ0v) is 11.7. The van der Waals surface area contributed by atoms with E-state index >= 15 is 0 Å². The Morgan fingerprint density at radius 3 is 2.76 bits per heavy atom. The number of H-pyrrole nitrogens is 1. The van der Waals surface area contributed by atoms with Crippen LogP contribution in [0.2, 0.25) is 5.02 Å². The normalized spacial score (nSPS) is 10.3. The van der Waals surface area contributed by atoms with Gasteiger partial charge in [-0.05, 0) is 18.2 Å². The number of amides is 1. The van der Waals surface area contributed by atoms with E-state index in [0.717, 1.165) is 16.8 Å². The maximum Gasteiger partial charge on any atom is 0.265 e. The molecule has 2 aromatic rings. The average Bonchev–Trinajstić information content (AvgIpc) is 2.43. The highest BCUT2D eigenvalue weighted by molar-refractivity contribution is 6.31. The van der Waals surface area contributed by atoms with E-state index in [1.54, 1.807) is 12.1 Å². The first-order chi connectivity index (χ1) is 9.95. The molecule has 8 heteroatoms. The zero-order chi connectivity index (χ0) is 15.4. The third kappa shape index (κ3) is 3.96. The number of aromatic nitrogens is 2. The van der Waals surface area contributed by atoms with Crippen molar-refractivity contribution in [1.82, 2.24) is 9.78 Å². The highest BCUT2D eigenvalue weighted by Gasteiger charge is 2.07. The molecule has 0 spiro atoms.